The molecule has 4 unspecified atom stereocenters. The minimum Gasteiger partial charge on any atom is -0.446 e. The summed E-state index contributed by atoms with van der Waals surface area (Å²) in [4.78, 5) is 30.8. The molecule has 0 bridgehead atoms. The molecule has 0 spiro atoms. The summed E-state index contributed by atoms with van der Waals surface area (Å²) in [6.07, 6.45) is 0.917. The van der Waals surface area contributed by atoms with Crippen molar-refractivity contribution >= 4 is 30.0 Å². The Morgan fingerprint density at radius 2 is 1.88 bits per heavy atom. The molecule has 174 valence electrons. The van der Waals surface area contributed by atoms with Gasteiger partial charge in [-0.15, -0.1) is 0 Å². The fourth-order valence-electron chi connectivity index (χ4n) is 4.15. The maximum Gasteiger partial charge on any atom is 0.417 e. The van der Waals surface area contributed by atoms with Gasteiger partial charge in [-0.1, -0.05) is 57.7 Å². The van der Waals surface area contributed by atoms with Gasteiger partial charge in [-0.3, -0.25) is 9.79 Å². The van der Waals surface area contributed by atoms with Gasteiger partial charge in [0, 0.05) is 11.5 Å². The molecule has 2 aromatic rings. The summed E-state index contributed by atoms with van der Waals surface area (Å²) in [6.45, 7) is 13.8. The van der Waals surface area contributed by atoms with Crippen LogP contribution >= 0.6 is 0 Å². The van der Waals surface area contributed by atoms with Crippen molar-refractivity contribution in [2.45, 2.75) is 39.7 Å². The quantitative estimate of drug-likeness (QED) is 0.406. The van der Waals surface area contributed by atoms with E-state index >= 15 is 0 Å². The molecule has 6 heteroatoms. The molecule has 33 heavy (non-hydrogen) atoms. The van der Waals surface area contributed by atoms with Crippen molar-refractivity contribution in [2.24, 2.45) is 22.7 Å². The van der Waals surface area contributed by atoms with Gasteiger partial charge >= 0.3 is 6.09 Å². The van der Waals surface area contributed by atoms with Crippen LogP contribution in [-0.4, -0.2) is 30.2 Å². The second kappa shape index (κ2) is 10.6. The molecule has 1 fully saturated rings. The van der Waals surface area contributed by atoms with Crippen LogP contribution in [0.3, 0.4) is 0 Å². The molecular formula is C27H31FN2O3. The zero-order valence-corrected chi connectivity index (χ0v) is 19.5. The Kier molecular flexibility index (Phi) is 7.79. The normalized spacial score (nSPS) is 18.4. The van der Waals surface area contributed by atoms with E-state index in [1.807, 2.05) is 51.1 Å². The van der Waals surface area contributed by atoms with Gasteiger partial charge in [0.15, 0.2) is 0 Å². The topological polar surface area (TPSA) is 59.0 Å². The van der Waals surface area contributed by atoms with Crippen molar-refractivity contribution in [3.8, 4) is 0 Å². The molecule has 3 rings (SSSR count). The van der Waals surface area contributed by atoms with Crippen LogP contribution in [0.25, 0.3) is 5.57 Å². The van der Waals surface area contributed by atoms with E-state index in [1.165, 1.54) is 17.0 Å². The molecule has 1 aliphatic heterocycles. The van der Waals surface area contributed by atoms with Crippen LogP contribution in [0.15, 0.2) is 60.1 Å². The van der Waals surface area contributed by atoms with Gasteiger partial charge in [-0.25, -0.2) is 14.1 Å². The standard InChI is InChI=1S/C27H31FN2O3/c1-17(19(3)23-15-22(28)13-14-24(23)29-5)11-12-18(2)20(4)26(31)30-25(16-33-27(30)32)21-9-7-6-8-10-21/h6-10,13-15,17-18,20,25H,3,5,11-12,16H2,1-2,4H3. The van der Waals surface area contributed by atoms with E-state index in [9.17, 15) is 14.0 Å². The highest BCUT2D eigenvalue weighted by Crippen LogP contribution is 2.35. The van der Waals surface area contributed by atoms with Crippen LogP contribution < -0.4 is 0 Å². The van der Waals surface area contributed by atoms with Crippen LogP contribution in [0.1, 0.15) is 50.8 Å². The largest absolute Gasteiger partial charge is 0.446 e. The predicted molar refractivity (Wildman–Crippen MR) is 129 cm³/mol. The van der Waals surface area contributed by atoms with E-state index in [2.05, 4.69) is 18.3 Å². The summed E-state index contributed by atoms with van der Waals surface area (Å²) < 4.78 is 19.0. The molecule has 4 atom stereocenters. The minimum atomic E-state index is -0.592. The Hall–Kier alpha value is -3.28. The fourth-order valence-corrected chi connectivity index (χ4v) is 4.15. The summed E-state index contributed by atoms with van der Waals surface area (Å²) >= 11 is 0. The maximum absolute atomic E-state index is 13.8. The summed E-state index contributed by atoms with van der Waals surface area (Å²) in [5.41, 5.74) is 2.92. The van der Waals surface area contributed by atoms with Gasteiger partial charge < -0.3 is 4.74 Å². The second-order valence-corrected chi connectivity index (χ2v) is 8.80. The van der Waals surface area contributed by atoms with E-state index in [1.54, 1.807) is 6.07 Å². The number of amides is 2. The monoisotopic (exact) mass is 450 g/mol. The Morgan fingerprint density at radius 1 is 1.18 bits per heavy atom. The highest BCUT2D eigenvalue weighted by Gasteiger charge is 2.41. The van der Waals surface area contributed by atoms with Crippen molar-refractivity contribution in [1.29, 1.82) is 0 Å². The number of halogens is 1. The van der Waals surface area contributed by atoms with Crippen molar-refractivity contribution in [1.82, 2.24) is 4.90 Å². The molecule has 0 N–H and O–H groups in total. The molecule has 0 aliphatic carbocycles. The molecule has 5 nitrogen and oxygen atoms in total. The number of hydrogen-bond acceptors (Lipinski definition) is 4. The summed E-state index contributed by atoms with van der Waals surface area (Å²) in [6, 6.07) is 13.4. The number of carbonyl (C=O) groups excluding carboxylic acids is 2. The Bertz CT molecular complexity index is 1040. The van der Waals surface area contributed by atoms with Gasteiger partial charge in [0.1, 0.15) is 18.5 Å². The average Bonchev–Trinajstić information content (AvgIpc) is 3.22. The Balaban J connectivity index is 1.64. The molecular weight excluding hydrogens is 419 g/mol. The summed E-state index contributed by atoms with van der Waals surface area (Å²) in [5, 5.41) is 0. The van der Waals surface area contributed by atoms with Gasteiger partial charge in [-0.2, -0.15) is 0 Å². The van der Waals surface area contributed by atoms with Gasteiger partial charge in [0.25, 0.3) is 0 Å². The van der Waals surface area contributed by atoms with E-state index in [-0.39, 0.29) is 36.1 Å². The lowest BCUT2D eigenvalue weighted by molar-refractivity contribution is -0.134. The first-order chi connectivity index (χ1) is 15.7. The first kappa shape index (κ1) is 24.4. The SMILES string of the molecule is C=Nc1ccc(F)cc1C(=C)C(C)CCC(C)C(C)C(=O)N1C(=O)OCC1c1ccccc1. The van der Waals surface area contributed by atoms with E-state index < -0.39 is 12.1 Å². The molecule has 1 saturated heterocycles. The number of carbonyl (C=O) groups is 2. The number of ether oxygens (including phenoxy) is 1. The zero-order chi connectivity index (χ0) is 24.1. The maximum atomic E-state index is 13.8. The van der Waals surface area contributed by atoms with Gasteiger partial charge in [0.05, 0.1) is 5.69 Å². The number of allylic oxidation sites excluding steroid dienone is 1. The first-order valence-electron chi connectivity index (χ1n) is 11.2. The van der Waals surface area contributed by atoms with E-state index in [0.29, 0.717) is 11.3 Å². The van der Waals surface area contributed by atoms with E-state index in [4.69, 9.17) is 4.74 Å². The molecule has 0 saturated carbocycles. The third-order valence-electron chi connectivity index (χ3n) is 6.66. The summed E-state index contributed by atoms with van der Waals surface area (Å²) in [7, 11) is 0. The van der Waals surface area contributed by atoms with Crippen molar-refractivity contribution in [3.05, 3.63) is 72.1 Å². The number of rotatable bonds is 9. The van der Waals surface area contributed by atoms with Crippen molar-refractivity contribution in [2.75, 3.05) is 6.61 Å². The summed E-state index contributed by atoms with van der Waals surface area (Å²) in [5.74, 6) is -0.840. The fraction of sp³-hybridized carbons (Fsp3) is 0.370. The van der Waals surface area contributed by atoms with E-state index in [0.717, 1.165) is 24.0 Å². The van der Waals surface area contributed by atoms with Crippen molar-refractivity contribution < 1.29 is 18.7 Å². The number of nitrogens with zero attached hydrogens (tertiary/aromatic N) is 2. The molecule has 1 aliphatic rings. The molecule has 2 aromatic carbocycles. The molecule has 1 heterocycles. The average molecular weight is 451 g/mol. The Labute approximate surface area is 195 Å². The van der Waals surface area contributed by atoms with Crippen LogP contribution in [0.5, 0.6) is 0 Å². The van der Waals surface area contributed by atoms with Gasteiger partial charge in [0.2, 0.25) is 5.91 Å². The van der Waals surface area contributed by atoms with Gasteiger partial charge in [-0.05, 0) is 60.7 Å². The van der Waals surface area contributed by atoms with Crippen LogP contribution in [0.2, 0.25) is 0 Å². The molecule has 0 aromatic heterocycles. The predicted octanol–water partition coefficient (Wildman–Crippen LogP) is 6.58. The lowest BCUT2D eigenvalue weighted by Gasteiger charge is -2.27. The highest BCUT2D eigenvalue weighted by atomic mass is 19.1. The smallest absolute Gasteiger partial charge is 0.417 e. The first-order valence-corrected chi connectivity index (χ1v) is 11.2. The zero-order valence-electron chi connectivity index (χ0n) is 19.5. The second-order valence-electron chi connectivity index (χ2n) is 8.80. The minimum absolute atomic E-state index is 0.0297. The number of hydrogen-bond donors (Lipinski definition) is 0. The molecule has 2 amide bonds. The van der Waals surface area contributed by atoms with Crippen LogP contribution in [-0.2, 0) is 9.53 Å². The third-order valence-corrected chi connectivity index (χ3v) is 6.66. The van der Waals surface area contributed by atoms with Crippen molar-refractivity contribution in [3.63, 3.8) is 0 Å². The lowest BCUT2D eigenvalue weighted by atomic mass is 9.84. The number of cyclic esters (lactones) is 1. The number of benzene rings is 2. The molecule has 0 radical (unpaired) electrons. The third kappa shape index (κ3) is 5.38. The highest BCUT2D eigenvalue weighted by molar-refractivity contribution is 5.95. The number of aliphatic imine (C=N–C) groups is 1. The Morgan fingerprint density at radius 3 is 2.55 bits per heavy atom. The van der Waals surface area contributed by atoms with Crippen LogP contribution in [0.4, 0.5) is 14.9 Å². The van der Waals surface area contributed by atoms with Crippen LogP contribution in [0, 0.1) is 23.6 Å². The number of imide groups is 1. The lowest BCUT2D eigenvalue weighted by Crippen LogP contribution is -2.39.